The topological polar surface area (TPSA) is 71.4 Å². The maximum atomic E-state index is 9.60. The van der Waals surface area contributed by atoms with Crippen molar-refractivity contribution in [2.45, 2.75) is 19.8 Å². The molecular formula is C20H13N3. The molecule has 0 N–H and O–H groups in total. The van der Waals surface area contributed by atoms with Gasteiger partial charge < -0.3 is 0 Å². The Morgan fingerprint density at radius 1 is 0.783 bits per heavy atom. The SMILES string of the molecule is CCCc1c(C#N)c(C#N)c(C#N)c2ccc3ccccc3c12. The lowest BCUT2D eigenvalue weighted by atomic mass is 9.86. The Morgan fingerprint density at radius 2 is 1.48 bits per heavy atom. The Morgan fingerprint density at radius 3 is 2.13 bits per heavy atom. The molecule has 3 heteroatoms. The molecule has 3 nitrogen and oxygen atoms in total. The van der Waals surface area contributed by atoms with Crippen LogP contribution in [0.2, 0.25) is 0 Å². The molecule has 0 atom stereocenters. The number of hydrogen-bond donors (Lipinski definition) is 0. The molecule has 0 fully saturated rings. The zero-order valence-corrected chi connectivity index (χ0v) is 12.7. The number of benzene rings is 3. The zero-order chi connectivity index (χ0) is 16.4. The van der Waals surface area contributed by atoms with Crippen LogP contribution < -0.4 is 0 Å². The summed E-state index contributed by atoms with van der Waals surface area (Å²) in [6.07, 6.45) is 1.57. The van der Waals surface area contributed by atoms with Gasteiger partial charge >= 0.3 is 0 Å². The van der Waals surface area contributed by atoms with E-state index in [1.54, 1.807) is 0 Å². The smallest absolute Gasteiger partial charge is 0.102 e. The van der Waals surface area contributed by atoms with E-state index in [1.807, 2.05) is 43.3 Å². The Balaban J connectivity index is 2.68. The van der Waals surface area contributed by atoms with Crippen LogP contribution in [-0.4, -0.2) is 0 Å². The number of nitriles is 3. The molecule has 3 rings (SSSR count). The van der Waals surface area contributed by atoms with Crippen LogP contribution in [0.15, 0.2) is 36.4 Å². The molecule has 3 aromatic carbocycles. The highest BCUT2D eigenvalue weighted by Gasteiger charge is 2.20. The van der Waals surface area contributed by atoms with E-state index in [0.717, 1.165) is 33.5 Å². The van der Waals surface area contributed by atoms with Gasteiger partial charge in [-0.1, -0.05) is 49.7 Å². The zero-order valence-electron chi connectivity index (χ0n) is 12.7. The highest BCUT2D eigenvalue weighted by Crippen LogP contribution is 2.35. The lowest BCUT2D eigenvalue weighted by Crippen LogP contribution is -2.01. The van der Waals surface area contributed by atoms with Gasteiger partial charge in [0.1, 0.15) is 18.2 Å². The predicted octanol–water partition coefficient (Wildman–Crippen LogP) is 4.56. The Labute approximate surface area is 134 Å². The summed E-state index contributed by atoms with van der Waals surface area (Å²) < 4.78 is 0. The van der Waals surface area contributed by atoms with Crippen molar-refractivity contribution in [2.75, 3.05) is 0 Å². The van der Waals surface area contributed by atoms with Crippen molar-refractivity contribution in [3.05, 3.63) is 58.7 Å². The highest BCUT2D eigenvalue weighted by atomic mass is 14.3. The molecule has 0 spiro atoms. The molecule has 0 aliphatic rings. The van der Waals surface area contributed by atoms with Crippen LogP contribution in [-0.2, 0) is 6.42 Å². The van der Waals surface area contributed by atoms with E-state index in [-0.39, 0.29) is 5.56 Å². The lowest BCUT2D eigenvalue weighted by molar-refractivity contribution is 0.926. The fourth-order valence-corrected chi connectivity index (χ4v) is 3.19. The van der Waals surface area contributed by atoms with Gasteiger partial charge in [-0.3, -0.25) is 0 Å². The molecule has 0 unspecified atom stereocenters. The summed E-state index contributed by atoms with van der Waals surface area (Å²) in [5, 5.41) is 32.4. The van der Waals surface area contributed by atoms with Crippen LogP contribution in [0.3, 0.4) is 0 Å². The summed E-state index contributed by atoms with van der Waals surface area (Å²) in [5.41, 5.74) is 1.71. The molecule has 0 saturated carbocycles. The molecule has 108 valence electrons. The third-order valence-electron chi connectivity index (χ3n) is 4.14. The van der Waals surface area contributed by atoms with Gasteiger partial charge in [0.25, 0.3) is 0 Å². The summed E-state index contributed by atoms with van der Waals surface area (Å²) in [7, 11) is 0. The summed E-state index contributed by atoms with van der Waals surface area (Å²) in [6, 6.07) is 18.1. The molecule has 23 heavy (non-hydrogen) atoms. The van der Waals surface area contributed by atoms with Gasteiger partial charge in [-0.05, 0) is 28.1 Å². The van der Waals surface area contributed by atoms with Crippen LogP contribution in [0.1, 0.15) is 35.6 Å². The number of rotatable bonds is 2. The van der Waals surface area contributed by atoms with E-state index < -0.39 is 0 Å². The predicted molar refractivity (Wildman–Crippen MR) is 89.6 cm³/mol. The molecule has 0 aliphatic carbocycles. The molecular weight excluding hydrogens is 282 g/mol. The fourth-order valence-electron chi connectivity index (χ4n) is 3.19. The van der Waals surface area contributed by atoms with Crippen LogP contribution in [0, 0.1) is 34.0 Å². The standard InChI is InChI=1S/C20H13N3/c1-2-5-15-17(10-21)19(12-23)18(11-22)16-9-8-13-6-3-4-7-14(13)20(15)16/h3-4,6-9H,2,5H2,1H3. The molecule has 0 heterocycles. The van der Waals surface area contributed by atoms with Gasteiger partial charge in [0, 0.05) is 5.39 Å². The number of fused-ring (bicyclic) bond motifs is 3. The minimum absolute atomic E-state index is 0.196. The summed E-state index contributed by atoms with van der Waals surface area (Å²) in [6.45, 7) is 2.04. The second kappa shape index (κ2) is 5.80. The molecule has 0 saturated heterocycles. The number of nitrogens with zero attached hydrogens (tertiary/aromatic N) is 3. The van der Waals surface area contributed by atoms with Crippen molar-refractivity contribution in [1.29, 1.82) is 15.8 Å². The Hall–Kier alpha value is -3.35. The second-order valence-corrected chi connectivity index (χ2v) is 5.40. The lowest BCUT2D eigenvalue weighted by Gasteiger charge is -2.14. The average Bonchev–Trinajstić information content (AvgIpc) is 2.60. The quantitative estimate of drug-likeness (QED) is 0.650. The normalized spacial score (nSPS) is 10.2. The van der Waals surface area contributed by atoms with Gasteiger partial charge in [-0.15, -0.1) is 0 Å². The minimum Gasteiger partial charge on any atom is -0.192 e. The van der Waals surface area contributed by atoms with E-state index in [9.17, 15) is 15.8 Å². The maximum absolute atomic E-state index is 9.60. The first kappa shape index (κ1) is 14.6. The van der Waals surface area contributed by atoms with E-state index in [2.05, 4.69) is 18.2 Å². The molecule has 0 amide bonds. The summed E-state index contributed by atoms with van der Waals surface area (Å²) in [5.74, 6) is 0. The minimum atomic E-state index is 0.196. The Kier molecular flexibility index (Phi) is 3.68. The van der Waals surface area contributed by atoms with Crippen molar-refractivity contribution in [2.24, 2.45) is 0 Å². The first-order valence-corrected chi connectivity index (χ1v) is 7.47. The third kappa shape index (κ3) is 2.10. The van der Waals surface area contributed by atoms with Crippen LogP contribution in [0.25, 0.3) is 21.5 Å². The van der Waals surface area contributed by atoms with Gasteiger partial charge in [0.05, 0.1) is 16.7 Å². The van der Waals surface area contributed by atoms with Crippen molar-refractivity contribution in [3.8, 4) is 18.2 Å². The van der Waals surface area contributed by atoms with Gasteiger partial charge in [0.2, 0.25) is 0 Å². The van der Waals surface area contributed by atoms with Crippen molar-refractivity contribution in [1.82, 2.24) is 0 Å². The molecule has 0 radical (unpaired) electrons. The van der Waals surface area contributed by atoms with Crippen LogP contribution >= 0.6 is 0 Å². The van der Waals surface area contributed by atoms with E-state index >= 15 is 0 Å². The summed E-state index contributed by atoms with van der Waals surface area (Å²) >= 11 is 0. The summed E-state index contributed by atoms with van der Waals surface area (Å²) in [4.78, 5) is 0. The monoisotopic (exact) mass is 295 g/mol. The van der Waals surface area contributed by atoms with E-state index in [0.29, 0.717) is 17.5 Å². The largest absolute Gasteiger partial charge is 0.192 e. The first-order chi connectivity index (χ1) is 11.3. The maximum Gasteiger partial charge on any atom is 0.102 e. The van der Waals surface area contributed by atoms with Crippen LogP contribution in [0.4, 0.5) is 0 Å². The molecule has 3 aromatic rings. The van der Waals surface area contributed by atoms with Crippen molar-refractivity contribution >= 4 is 21.5 Å². The fraction of sp³-hybridized carbons (Fsp3) is 0.150. The van der Waals surface area contributed by atoms with Gasteiger partial charge in [-0.2, -0.15) is 15.8 Å². The molecule has 0 bridgehead atoms. The van der Waals surface area contributed by atoms with Crippen LogP contribution in [0.5, 0.6) is 0 Å². The second-order valence-electron chi connectivity index (χ2n) is 5.40. The van der Waals surface area contributed by atoms with Gasteiger partial charge in [-0.25, -0.2) is 0 Å². The van der Waals surface area contributed by atoms with E-state index in [4.69, 9.17) is 0 Å². The van der Waals surface area contributed by atoms with Crippen molar-refractivity contribution in [3.63, 3.8) is 0 Å². The highest BCUT2D eigenvalue weighted by molar-refractivity contribution is 6.12. The number of aryl methyl sites for hydroxylation is 1. The molecule has 0 aromatic heterocycles. The molecule has 0 aliphatic heterocycles. The van der Waals surface area contributed by atoms with E-state index in [1.165, 1.54) is 0 Å². The number of hydrogen-bond acceptors (Lipinski definition) is 3. The van der Waals surface area contributed by atoms with Crippen molar-refractivity contribution < 1.29 is 0 Å². The average molecular weight is 295 g/mol. The van der Waals surface area contributed by atoms with Gasteiger partial charge in [0.15, 0.2) is 0 Å². The first-order valence-electron chi connectivity index (χ1n) is 7.47. The third-order valence-corrected chi connectivity index (χ3v) is 4.14. The Bertz CT molecular complexity index is 1060.